The molecule has 0 unspecified atom stereocenters. The number of rotatable bonds is 4. The van der Waals surface area contributed by atoms with E-state index in [0.29, 0.717) is 16.4 Å². The highest BCUT2D eigenvalue weighted by Gasteiger charge is 2.36. The van der Waals surface area contributed by atoms with Crippen LogP contribution in [0.15, 0.2) is 42.5 Å². The van der Waals surface area contributed by atoms with Gasteiger partial charge < -0.3 is 15.3 Å². The fourth-order valence-corrected chi connectivity index (χ4v) is 3.19. The number of benzene rings is 2. The monoisotopic (exact) mass is 392 g/mol. The molecule has 0 radical (unpaired) electrons. The Kier molecular flexibility index (Phi) is 5.15. The lowest BCUT2D eigenvalue weighted by Crippen LogP contribution is -2.28. The van der Waals surface area contributed by atoms with Gasteiger partial charge in [0.25, 0.3) is 0 Å². The Morgan fingerprint density at radius 3 is 2.62 bits per heavy atom. The molecule has 2 aromatic carbocycles. The van der Waals surface area contributed by atoms with Crippen LogP contribution in [0.3, 0.4) is 0 Å². The Morgan fingerprint density at radius 1 is 1.15 bits per heavy atom. The van der Waals surface area contributed by atoms with E-state index in [-0.39, 0.29) is 35.4 Å². The maximum absolute atomic E-state index is 12.5. The summed E-state index contributed by atoms with van der Waals surface area (Å²) in [6, 6.07) is 10.9. The topological polar surface area (TPSA) is 86.7 Å². The minimum Gasteiger partial charge on any atom is -0.478 e. The lowest BCUT2D eigenvalue weighted by molar-refractivity contribution is -0.122. The second-order valence-corrected chi connectivity index (χ2v) is 6.64. The van der Waals surface area contributed by atoms with Crippen LogP contribution in [0.1, 0.15) is 16.8 Å². The fraction of sp³-hybridized carbons (Fsp3) is 0.167. The van der Waals surface area contributed by atoms with Crippen molar-refractivity contribution in [2.24, 2.45) is 5.92 Å². The molecule has 0 bridgehead atoms. The number of carboxylic acid groups (broad SMARTS) is 1. The van der Waals surface area contributed by atoms with Crippen molar-refractivity contribution in [2.75, 3.05) is 16.8 Å². The molecule has 1 fully saturated rings. The number of hydrogen-bond acceptors (Lipinski definition) is 3. The van der Waals surface area contributed by atoms with Crippen molar-refractivity contribution >= 4 is 52.4 Å². The van der Waals surface area contributed by atoms with Gasteiger partial charge in [0.15, 0.2) is 0 Å². The number of nitrogens with zero attached hydrogens (tertiary/aromatic N) is 1. The van der Waals surface area contributed by atoms with Crippen molar-refractivity contribution in [2.45, 2.75) is 6.42 Å². The lowest BCUT2D eigenvalue weighted by Gasteiger charge is -2.18. The summed E-state index contributed by atoms with van der Waals surface area (Å²) < 4.78 is 0. The molecule has 3 rings (SSSR count). The molecular weight excluding hydrogens is 379 g/mol. The minimum atomic E-state index is -1.08. The third-order valence-electron chi connectivity index (χ3n) is 4.09. The molecule has 1 atom stereocenters. The van der Waals surface area contributed by atoms with E-state index in [1.54, 1.807) is 24.3 Å². The first-order valence-corrected chi connectivity index (χ1v) is 8.51. The molecule has 0 aromatic heterocycles. The van der Waals surface area contributed by atoms with Crippen LogP contribution in [0.25, 0.3) is 0 Å². The number of carbonyl (C=O) groups is 3. The first-order valence-electron chi connectivity index (χ1n) is 7.75. The molecule has 8 heteroatoms. The van der Waals surface area contributed by atoms with Crippen LogP contribution in [-0.2, 0) is 9.59 Å². The van der Waals surface area contributed by atoms with Gasteiger partial charge in [-0.2, -0.15) is 0 Å². The highest BCUT2D eigenvalue weighted by Crippen LogP contribution is 2.35. The van der Waals surface area contributed by atoms with E-state index in [2.05, 4.69) is 5.32 Å². The Morgan fingerprint density at radius 2 is 1.88 bits per heavy atom. The summed E-state index contributed by atoms with van der Waals surface area (Å²) in [6.45, 7) is 0.170. The SMILES string of the molecule is O=C(O)c1cccc(NC(=O)[C@@H]2CC(=O)N(c3cccc(Cl)c3Cl)C2)c1. The minimum absolute atomic E-state index is 0.0350. The number of carbonyl (C=O) groups excluding carboxylic acids is 2. The standard InChI is InChI=1S/C18H14Cl2N2O4/c19-13-5-2-6-14(16(13)20)22-9-11(8-15(22)23)17(24)21-12-4-1-3-10(7-12)18(25)26/h1-7,11H,8-9H2,(H,21,24)(H,25,26)/t11-/m1/s1. The van der Waals surface area contributed by atoms with Crippen molar-refractivity contribution in [1.82, 2.24) is 0 Å². The molecule has 1 saturated heterocycles. The zero-order chi connectivity index (χ0) is 18.8. The average Bonchev–Trinajstić information content (AvgIpc) is 2.99. The van der Waals surface area contributed by atoms with E-state index in [4.69, 9.17) is 28.3 Å². The summed E-state index contributed by atoms with van der Waals surface area (Å²) in [5, 5.41) is 12.3. The maximum Gasteiger partial charge on any atom is 0.335 e. The normalized spacial score (nSPS) is 16.6. The van der Waals surface area contributed by atoms with Crippen LogP contribution in [0, 0.1) is 5.92 Å². The number of halogens is 2. The van der Waals surface area contributed by atoms with E-state index in [9.17, 15) is 14.4 Å². The van der Waals surface area contributed by atoms with E-state index < -0.39 is 11.9 Å². The molecule has 2 N–H and O–H groups in total. The van der Waals surface area contributed by atoms with Crippen LogP contribution in [0.2, 0.25) is 10.0 Å². The molecule has 1 aliphatic heterocycles. The summed E-state index contributed by atoms with van der Waals surface area (Å²) in [6.07, 6.45) is 0.0350. The predicted octanol–water partition coefficient (Wildman–Crippen LogP) is 3.68. The lowest BCUT2D eigenvalue weighted by atomic mass is 10.1. The van der Waals surface area contributed by atoms with Gasteiger partial charge in [0.2, 0.25) is 11.8 Å². The maximum atomic E-state index is 12.5. The Hall–Kier alpha value is -2.57. The van der Waals surface area contributed by atoms with Crippen molar-refractivity contribution in [3.63, 3.8) is 0 Å². The number of anilines is 2. The molecule has 2 amide bonds. The number of nitrogens with one attached hydrogen (secondary N) is 1. The quantitative estimate of drug-likeness (QED) is 0.830. The average molecular weight is 393 g/mol. The van der Waals surface area contributed by atoms with Crippen LogP contribution >= 0.6 is 23.2 Å². The van der Waals surface area contributed by atoms with E-state index in [1.807, 2.05) is 0 Å². The summed E-state index contributed by atoms with van der Waals surface area (Å²) >= 11 is 12.2. The molecule has 2 aromatic rings. The summed E-state index contributed by atoms with van der Waals surface area (Å²) in [7, 11) is 0. The third kappa shape index (κ3) is 3.66. The molecule has 0 spiro atoms. The van der Waals surface area contributed by atoms with Gasteiger partial charge in [-0.25, -0.2) is 4.79 Å². The van der Waals surface area contributed by atoms with Crippen molar-refractivity contribution in [1.29, 1.82) is 0 Å². The molecule has 1 heterocycles. The smallest absolute Gasteiger partial charge is 0.335 e. The summed E-state index contributed by atoms with van der Waals surface area (Å²) in [5.74, 6) is -2.25. The fourth-order valence-electron chi connectivity index (χ4n) is 2.79. The zero-order valence-electron chi connectivity index (χ0n) is 13.4. The Bertz CT molecular complexity index is 901. The zero-order valence-corrected chi connectivity index (χ0v) is 14.9. The molecular formula is C18H14Cl2N2O4. The number of aromatic carboxylic acids is 1. The van der Waals surface area contributed by atoms with E-state index in [1.165, 1.54) is 23.1 Å². The van der Waals surface area contributed by atoms with Gasteiger partial charge >= 0.3 is 5.97 Å². The van der Waals surface area contributed by atoms with E-state index >= 15 is 0 Å². The van der Waals surface area contributed by atoms with Gasteiger partial charge in [-0.1, -0.05) is 35.3 Å². The van der Waals surface area contributed by atoms with Gasteiger partial charge in [0.1, 0.15) is 0 Å². The highest BCUT2D eigenvalue weighted by molar-refractivity contribution is 6.44. The van der Waals surface area contributed by atoms with Crippen molar-refractivity contribution in [3.8, 4) is 0 Å². The van der Waals surface area contributed by atoms with Gasteiger partial charge in [-0.15, -0.1) is 0 Å². The molecule has 1 aliphatic rings. The summed E-state index contributed by atoms with van der Waals surface area (Å²) in [4.78, 5) is 37.2. The first-order chi connectivity index (χ1) is 12.4. The molecule has 134 valence electrons. The third-order valence-corrected chi connectivity index (χ3v) is 4.90. The highest BCUT2D eigenvalue weighted by atomic mass is 35.5. The van der Waals surface area contributed by atoms with Crippen LogP contribution in [0.4, 0.5) is 11.4 Å². The predicted molar refractivity (Wildman–Crippen MR) is 99.0 cm³/mol. The van der Waals surface area contributed by atoms with Crippen molar-refractivity contribution < 1.29 is 19.5 Å². The van der Waals surface area contributed by atoms with Crippen LogP contribution in [-0.4, -0.2) is 29.4 Å². The molecule has 0 saturated carbocycles. The second kappa shape index (κ2) is 7.35. The second-order valence-electron chi connectivity index (χ2n) is 5.85. The van der Waals surface area contributed by atoms with Gasteiger partial charge in [-0.05, 0) is 30.3 Å². The van der Waals surface area contributed by atoms with Gasteiger partial charge in [-0.3, -0.25) is 9.59 Å². The first kappa shape index (κ1) is 18.2. The van der Waals surface area contributed by atoms with Gasteiger partial charge in [0, 0.05) is 18.7 Å². The number of hydrogen-bond donors (Lipinski definition) is 2. The van der Waals surface area contributed by atoms with Crippen LogP contribution < -0.4 is 10.2 Å². The Balaban J connectivity index is 1.74. The molecule has 6 nitrogen and oxygen atoms in total. The summed E-state index contributed by atoms with van der Waals surface area (Å²) in [5.41, 5.74) is 0.895. The van der Waals surface area contributed by atoms with Crippen LogP contribution in [0.5, 0.6) is 0 Å². The number of amides is 2. The van der Waals surface area contributed by atoms with Gasteiger partial charge in [0.05, 0.1) is 27.2 Å². The Labute approximate surface area is 159 Å². The molecule has 26 heavy (non-hydrogen) atoms. The largest absolute Gasteiger partial charge is 0.478 e. The van der Waals surface area contributed by atoms with E-state index in [0.717, 1.165) is 0 Å². The van der Waals surface area contributed by atoms with Crippen molar-refractivity contribution in [3.05, 3.63) is 58.1 Å². The number of carboxylic acids is 1. The molecule has 0 aliphatic carbocycles.